The highest BCUT2D eigenvalue weighted by Gasteiger charge is 2.08. The predicted octanol–water partition coefficient (Wildman–Crippen LogP) is 1.64. The molecule has 0 saturated carbocycles. The molecule has 1 nitrogen and oxygen atoms in total. The average molecular weight is 131 g/mol. The molecule has 1 atom stereocenters. The number of nitrogens with two attached hydrogens (primary N) is 1. The second-order valence-corrected chi connectivity index (χ2v) is 2.78. The van der Waals surface area contributed by atoms with E-state index in [0.29, 0.717) is 0 Å². The predicted molar refractivity (Wildman–Crippen MR) is 38.0 cm³/mol. The lowest BCUT2D eigenvalue weighted by Crippen LogP contribution is -2.14. The number of rotatable bonds is 2. The molecule has 0 aromatic rings. The first-order valence-electron chi connectivity index (χ1n) is 3.06. The Kier molecular flexibility index (Phi) is 2.85. The van der Waals surface area contributed by atoms with Crippen LogP contribution in [0.1, 0.15) is 20.8 Å². The minimum absolute atomic E-state index is 0.0555. The molecule has 0 aliphatic heterocycles. The summed E-state index contributed by atoms with van der Waals surface area (Å²) in [5.74, 6) is 0. The van der Waals surface area contributed by atoms with Gasteiger partial charge in [0.15, 0.2) is 0 Å². The van der Waals surface area contributed by atoms with Crippen molar-refractivity contribution in [3.63, 3.8) is 0 Å². The van der Waals surface area contributed by atoms with Crippen molar-refractivity contribution in [3.8, 4) is 0 Å². The Bertz CT molecular complexity index is 100.0. The molecule has 0 spiro atoms. The van der Waals surface area contributed by atoms with Crippen LogP contribution in [-0.4, -0.2) is 11.7 Å². The van der Waals surface area contributed by atoms with E-state index in [4.69, 9.17) is 5.73 Å². The number of allylic oxidation sites excluding steroid dienone is 1. The summed E-state index contributed by atoms with van der Waals surface area (Å²) >= 11 is 0. The molecule has 9 heavy (non-hydrogen) atoms. The van der Waals surface area contributed by atoms with Gasteiger partial charge in [0.1, 0.15) is 5.67 Å². The Labute approximate surface area is 55.7 Å². The molecule has 0 aromatic carbocycles. The van der Waals surface area contributed by atoms with Gasteiger partial charge in [0, 0.05) is 6.04 Å². The minimum Gasteiger partial charge on any atom is -0.325 e. The Morgan fingerprint density at radius 3 is 2.11 bits per heavy atom. The van der Waals surface area contributed by atoms with Crippen LogP contribution in [0.3, 0.4) is 0 Å². The SMILES string of the molecule is CC(N)/C=C/C(C)(C)F. The summed E-state index contributed by atoms with van der Waals surface area (Å²) in [5.41, 5.74) is 4.12. The quantitative estimate of drug-likeness (QED) is 0.566. The first kappa shape index (κ1) is 8.63. The van der Waals surface area contributed by atoms with Gasteiger partial charge in [-0.1, -0.05) is 12.2 Å². The molecule has 2 heteroatoms. The van der Waals surface area contributed by atoms with Crippen LogP contribution >= 0.6 is 0 Å². The molecule has 0 bridgehead atoms. The van der Waals surface area contributed by atoms with Gasteiger partial charge in [0.05, 0.1) is 0 Å². The maximum atomic E-state index is 12.6. The third-order valence-corrected chi connectivity index (χ3v) is 0.796. The van der Waals surface area contributed by atoms with Crippen molar-refractivity contribution in [2.45, 2.75) is 32.5 Å². The van der Waals surface area contributed by atoms with Crippen LogP contribution in [0.25, 0.3) is 0 Å². The zero-order valence-corrected chi connectivity index (χ0v) is 6.19. The van der Waals surface area contributed by atoms with Gasteiger partial charge in [0.2, 0.25) is 0 Å². The van der Waals surface area contributed by atoms with E-state index in [1.54, 1.807) is 6.08 Å². The second-order valence-electron chi connectivity index (χ2n) is 2.78. The molecule has 0 aliphatic carbocycles. The summed E-state index contributed by atoms with van der Waals surface area (Å²) in [7, 11) is 0. The smallest absolute Gasteiger partial charge is 0.123 e. The molecule has 0 fully saturated rings. The van der Waals surface area contributed by atoms with Gasteiger partial charge in [0.25, 0.3) is 0 Å². The van der Waals surface area contributed by atoms with E-state index in [9.17, 15) is 4.39 Å². The Hall–Kier alpha value is -0.370. The molecule has 0 radical (unpaired) electrons. The normalized spacial score (nSPS) is 16.6. The van der Waals surface area contributed by atoms with Crippen LogP contribution in [0.15, 0.2) is 12.2 Å². The first-order chi connectivity index (χ1) is 3.92. The topological polar surface area (TPSA) is 26.0 Å². The third kappa shape index (κ3) is 7.63. The van der Waals surface area contributed by atoms with E-state index in [2.05, 4.69) is 0 Å². The second kappa shape index (κ2) is 2.97. The van der Waals surface area contributed by atoms with Crippen molar-refractivity contribution in [2.75, 3.05) is 0 Å². The van der Waals surface area contributed by atoms with Crippen molar-refractivity contribution in [1.82, 2.24) is 0 Å². The highest BCUT2D eigenvalue weighted by atomic mass is 19.1. The van der Waals surface area contributed by atoms with E-state index in [0.717, 1.165) is 0 Å². The maximum absolute atomic E-state index is 12.6. The zero-order valence-electron chi connectivity index (χ0n) is 6.19. The van der Waals surface area contributed by atoms with Crippen molar-refractivity contribution in [2.24, 2.45) is 5.73 Å². The van der Waals surface area contributed by atoms with Gasteiger partial charge >= 0.3 is 0 Å². The molecular weight excluding hydrogens is 117 g/mol. The van der Waals surface area contributed by atoms with Crippen molar-refractivity contribution >= 4 is 0 Å². The van der Waals surface area contributed by atoms with Crippen LogP contribution < -0.4 is 5.73 Å². The van der Waals surface area contributed by atoms with E-state index in [-0.39, 0.29) is 6.04 Å². The fourth-order valence-corrected chi connectivity index (χ4v) is 0.381. The number of alkyl halides is 1. The molecule has 0 rings (SSSR count). The van der Waals surface area contributed by atoms with E-state index in [1.165, 1.54) is 19.9 Å². The van der Waals surface area contributed by atoms with Crippen LogP contribution in [0, 0.1) is 0 Å². The standard InChI is InChI=1S/C7H14FN/c1-6(9)4-5-7(2,3)8/h4-6H,9H2,1-3H3/b5-4+. The molecular formula is C7H14FN. The molecule has 2 N–H and O–H groups in total. The molecule has 1 unspecified atom stereocenters. The van der Waals surface area contributed by atoms with E-state index >= 15 is 0 Å². The van der Waals surface area contributed by atoms with Crippen LogP contribution in [0.2, 0.25) is 0 Å². The Morgan fingerprint density at radius 1 is 1.56 bits per heavy atom. The highest BCUT2D eigenvalue weighted by Crippen LogP contribution is 2.09. The Morgan fingerprint density at radius 2 is 2.00 bits per heavy atom. The monoisotopic (exact) mass is 131 g/mol. The first-order valence-corrected chi connectivity index (χ1v) is 3.06. The summed E-state index contributed by atoms with van der Waals surface area (Å²) in [6.45, 7) is 4.79. The van der Waals surface area contributed by atoms with Gasteiger partial charge in [-0.25, -0.2) is 4.39 Å². The van der Waals surface area contributed by atoms with E-state index in [1.807, 2.05) is 6.92 Å². The maximum Gasteiger partial charge on any atom is 0.123 e. The van der Waals surface area contributed by atoms with E-state index < -0.39 is 5.67 Å². The molecule has 0 aromatic heterocycles. The van der Waals surface area contributed by atoms with Gasteiger partial charge in [-0.05, 0) is 20.8 Å². The van der Waals surface area contributed by atoms with Gasteiger partial charge < -0.3 is 5.73 Å². The minimum atomic E-state index is -1.23. The zero-order chi connectivity index (χ0) is 7.49. The van der Waals surface area contributed by atoms with Gasteiger partial charge in [-0.2, -0.15) is 0 Å². The van der Waals surface area contributed by atoms with Crippen LogP contribution in [0.5, 0.6) is 0 Å². The molecule has 0 heterocycles. The van der Waals surface area contributed by atoms with Gasteiger partial charge in [-0.15, -0.1) is 0 Å². The Balaban J connectivity index is 3.71. The number of hydrogen-bond acceptors (Lipinski definition) is 1. The molecule has 54 valence electrons. The van der Waals surface area contributed by atoms with Crippen molar-refractivity contribution in [3.05, 3.63) is 12.2 Å². The van der Waals surface area contributed by atoms with Crippen molar-refractivity contribution in [1.29, 1.82) is 0 Å². The summed E-state index contributed by atoms with van der Waals surface area (Å²) in [4.78, 5) is 0. The molecule has 0 saturated heterocycles. The van der Waals surface area contributed by atoms with Crippen LogP contribution in [0.4, 0.5) is 4.39 Å². The van der Waals surface area contributed by atoms with Crippen molar-refractivity contribution < 1.29 is 4.39 Å². The molecule has 0 amide bonds. The summed E-state index contributed by atoms with van der Waals surface area (Å²) in [6.07, 6.45) is 3.12. The lowest BCUT2D eigenvalue weighted by molar-refractivity contribution is 0.286. The number of hydrogen-bond donors (Lipinski definition) is 1. The van der Waals surface area contributed by atoms with Gasteiger partial charge in [-0.3, -0.25) is 0 Å². The lowest BCUT2D eigenvalue weighted by atomic mass is 10.1. The third-order valence-electron chi connectivity index (χ3n) is 0.796. The summed E-state index contributed by atoms with van der Waals surface area (Å²) in [6, 6.07) is -0.0555. The highest BCUT2D eigenvalue weighted by molar-refractivity contribution is 4.99. The fourth-order valence-electron chi connectivity index (χ4n) is 0.381. The molecule has 0 aliphatic rings. The largest absolute Gasteiger partial charge is 0.325 e. The summed E-state index contributed by atoms with van der Waals surface area (Å²) < 4.78 is 12.6. The lowest BCUT2D eigenvalue weighted by Gasteiger charge is -2.06. The average Bonchev–Trinajstić information content (AvgIpc) is 1.59. The number of halogens is 1. The summed E-state index contributed by atoms with van der Waals surface area (Å²) in [5, 5.41) is 0. The fraction of sp³-hybridized carbons (Fsp3) is 0.714. The van der Waals surface area contributed by atoms with Crippen LogP contribution in [-0.2, 0) is 0 Å².